The van der Waals surface area contributed by atoms with E-state index in [-0.39, 0.29) is 0 Å². The van der Waals surface area contributed by atoms with E-state index in [9.17, 15) is 4.55 Å². The van der Waals surface area contributed by atoms with Gasteiger partial charge in [0.1, 0.15) is 6.26 Å². The van der Waals surface area contributed by atoms with Crippen LogP contribution in [0.2, 0.25) is 0 Å². The summed E-state index contributed by atoms with van der Waals surface area (Å²) in [4.78, 5) is 2.08. The molecule has 0 saturated carbocycles. The lowest BCUT2D eigenvalue weighted by Gasteiger charge is -2.08. The highest BCUT2D eigenvalue weighted by Gasteiger charge is 2.13. The Labute approximate surface area is 151 Å². The smallest absolute Gasteiger partial charge is 0.152 e. The van der Waals surface area contributed by atoms with Crippen molar-refractivity contribution in [1.82, 2.24) is 0 Å². The third-order valence-electron chi connectivity index (χ3n) is 3.64. The third kappa shape index (κ3) is 3.63. The van der Waals surface area contributed by atoms with Gasteiger partial charge in [-0.1, -0.05) is 12.1 Å². The lowest BCUT2D eigenvalue weighted by Crippen LogP contribution is -1.96. The van der Waals surface area contributed by atoms with Crippen LogP contribution in [0, 0.1) is 0 Å². The maximum atomic E-state index is 11.5. The first kappa shape index (κ1) is 16.6. The Morgan fingerprint density at radius 1 is 1.00 bits per heavy atom. The van der Waals surface area contributed by atoms with E-state index >= 15 is 0 Å². The molecule has 23 heavy (non-hydrogen) atoms. The Morgan fingerprint density at radius 2 is 1.61 bits per heavy atom. The molecule has 0 bridgehead atoms. The van der Waals surface area contributed by atoms with Gasteiger partial charge in [0.2, 0.25) is 0 Å². The van der Waals surface area contributed by atoms with E-state index in [1.165, 1.54) is 16.0 Å². The van der Waals surface area contributed by atoms with E-state index in [0.29, 0.717) is 0 Å². The first-order valence-electron chi connectivity index (χ1n) is 7.10. The molecule has 0 saturated heterocycles. The van der Waals surface area contributed by atoms with Crippen LogP contribution in [-0.4, -0.2) is 17.9 Å². The molecule has 0 aliphatic heterocycles. The molecule has 0 amide bonds. The normalized spacial score (nSPS) is 12.2. The molecule has 1 N–H and O–H groups in total. The molecule has 0 radical (unpaired) electrons. The van der Waals surface area contributed by atoms with E-state index in [2.05, 4.69) is 51.6 Å². The topological polar surface area (TPSA) is 35.1 Å². The van der Waals surface area contributed by atoms with E-state index in [1.807, 2.05) is 31.3 Å². The van der Waals surface area contributed by atoms with Gasteiger partial charge in [-0.15, -0.1) is 11.3 Å². The summed E-state index contributed by atoms with van der Waals surface area (Å²) < 4.78 is 12.6. The minimum Gasteiger partial charge on any atom is -0.612 e. The Morgan fingerprint density at radius 3 is 2.17 bits per heavy atom. The Hall–Kier alpha value is -1.27. The van der Waals surface area contributed by atoms with Crippen LogP contribution in [0.25, 0.3) is 21.6 Å². The number of thiophene rings is 1. The maximum absolute atomic E-state index is 11.5. The largest absolute Gasteiger partial charge is 0.612 e. The molecule has 3 rings (SSSR count). The highest BCUT2D eigenvalue weighted by Crippen LogP contribution is 2.41. The molecule has 5 heteroatoms. The first-order chi connectivity index (χ1) is 11.1. The van der Waals surface area contributed by atoms with Gasteiger partial charge in [-0.25, -0.2) is 0 Å². The Bertz CT molecular complexity index is 795. The van der Waals surface area contributed by atoms with Crippen LogP contribution in [0.3, 0.4) is 0 Å². The van der Waals surface area contributed by atoms with Gasteiger partial charge in [0.25, 0.3) is 0 Å². The molecule has 118 valence electrons. The monoisotopic (exact) mass is 405 g/mol. The van der Waals surface area contributed by atoms with Gasteiger partial charge >= 0.3 is 0 Å². The number of nitrogens with one attached hydrogen (secondary N) is 1. The van der Waals surface area contributed by atoms with Crippen LogP contribution in [0.15, 0.2) is 63.3 Å². The highest BCUT2D eigenvalue weighted by molar-refractivity contribution is 9.11. The van der Waals surface area contributed by atoms with Crippen molar-refractivity contribution in [3.63, 3.8) is 0 Å². The minimum absolute atomic E-state index is 0.850. The van der Waals surface area contributed by atoms with Crippen molar-refractivity contribution < 1.29 is 4.55 Å². The lowest BCUT2D eigenvalue weighted by atomic mass is 10.0. The molecule has 0 aliphatic carbocycles. The fourth-order valence-corrected chi connectivity index (χ4v) is 4.55. The van der Waals surface area contributed by atoms with Gasteiger partial charge in [-0.05, 0) is 80.7 Å². The summed E-state index contributed by atoms with van der Waals surface area (Å²) in [5, 5.41) is 3.14. The standard InChI is InChI=1S/C18H16BrNOS2/c1-20-14-7-3-13(4-8-14)18-16(11-17(19)22-18)12-5-9-15(10-6-12)23(2)21/h3-11,20H,1-2H3. The van der Waals surface area contributed by atoms with Gasteiger partial charge in [0, 0.05) is 23.2 Å². The van der Waals surface area contributed by atoms with Gasteiger partial charge in [0.15, 0.2) is 4.90 Å². The molecule has 0 aliphatic rings. The molecular formula is C18H16BrNOS2. The Balaban J connectivity index is 2.02. The number of benzene rings is 2. The average molecular weight is 406 g/mol. The van der Waals surface area contributed by atoms with Crippen LogP contribution >= 0.6 is 27.3 Å². The summed E-state index contributed by atoms with van der Waals surface area (Å²) in [6, 6.07) is 18.5. The quantitative estimate of drug-likeness (QED) is 0.571. The molecule has 1 heterocycles. The SMILES string of the molecule is CNc1ccc(-c2sc(Br)cc2-c2ccc([S+](C)[O-])cc2)cc1. The van der Waals surface area contributed by atoms with E-state index in [4.69, 9.17) is 0 Å². The first-order valence-corrected chi connectivity index (χ1v) is 10.3. The van der Waals surface area contributed by atoms with Crippen molar-refractivity contribution in [3.05, 3.63) is 58.4 Å². The van der Waals surface area contributed by atoms with Gasteiger partial charge < -0.3 is 9.87 Å². The van der Waals surface area contributed by atoms with Crippen molar-refractivity contribution in [2.45, 2.75) is 4.90 Å². The molecule has 0 fully saturated rings. The zero-order valence-corrected chi connectivity index (χ0v) is 16.0. The second kappa shape index (κ2) is 7.09. The fourth-order valence-electron chi connectivity index (χ4n) is 2.40. The van der Waals surface area contributed by atoms with Crippen molar-refractivity contribution in [2.24, 2.45) is 0 Å². The molecule has 1 aromatic heterocycles. The van der Waals surface area contributed by atoms with Gasteiger partial charge in [0.05, 0.1) is 3.79 Å². The number of halogens is 1. The fraction of sp³-hybridized carbons (Fsp3) is 0.111. The van der Waals surface area contributed by atoms with Crippen LogP contribution in [-0.2, 0) is 11.2 Å². The summed E-state index contributed by atoms with van der Waals surface area (Å²) in [6.45, 7) is 0. The predicted molar refractivity (Wildman–Crippen MR) is 105 cm³/mol. The van der Waals surface area contributed by atoms with Crippen LogP contribution in [0.5, 0.6) is 0 Å². The van der Waals surface area contributed by atoms with E-state index in [0.717, 1.165) is 19.9 Å². The molecular weight excluding hydrogens is 390 g/mol. The number of hydrogen-bond donors (Lipinski definition) is 1. The average Bonchev–Trinajstić information content (AvgIpc) is 2.97. The van der Waals surface area contributed by atoms with Crippen LogP contribution in [0.1, 0.15) is 0 Å². The number of anilines is 1. The molecule has 3 aromatic rings. The summed E-state index contributed by atoms with van der Waals surface area (Å²) in [5.74, 6) is 0. The number of rotatable bonds is 4. The summed E-state index contributed by atoms with van der Waals surface area (Å²) in [7, 11) is 1.92. The van der Waals surface area contributed by atoms with Crippen molar-refractivity contribution in [2.75, 3.05) is 18.6 Å². The third-order valence-corrected chi connectivity index (χ3v) is 6.26. The molecule has 1 atom stereocenters. The van der Waals surface area contributed by atoms with Gasteiger partial charge in [-0.2, -0.15) is 0 Å². The van der Waals surface area contributed by atoms with Crippen LogP contribution < -0.4 is 5.32 Å². The van der Waals surface area contributed by atoms with Crippen LogP contribution in [0.4, 0.5) is 5.69 Å². The Kier molecular flexibility index (Phi) is 5.11. The maximum Gasteiger partial charge on any atom is 0.152 e. The van der Waals surface area contributed by atoms with E-state index < -0.39 is 11.2 Å². The number of hydrogen-bond acceptors (Lipinski definition) is 3. The molecule has 2 nitrogen and oxygen atoms in total. The summed E-state index contributed by atoms with van der Waals surface area (Å²) in [6.07, 6.45) is 1.70. The molecule has 2 aromatic carbocycles. The summed E-state index contributed by atoms with van der Waals surface area (Å²) >= 11 is 4.38. The van der Waals surface area contributed by atoms with Gasteiger partial charge in [-0.3, -0.25) is 0 Å². The predicted octanol–water partition coefficient (Wildman–Crippen LogP) is 5.62. The zero-order valence-electron chi connectivity index (χ0n) is 12.8. The molecule has 1 unspecified atom stereocenters. The second-order valence-corrected chi connectivity index (χ2v) is 8.91. The molecule has 0 spiro atoms. The van der Waals surface area contributed by atoms with Crippen molar-refractivity contribution in [3.8, 4) is 21.6 Å². The second-order valence-electron chi connectivity index (χ2n) is 5.10. The summed E-state index contributed by atoms with van der Waals surface area (Å²) in [5.41, 5.74) is 4.61. The van der Waals surface area contributed by atoms with E-state index in [1.54, 1.807) is 17.6 Å². The lowest BCUT2D eigenvalue weighted by molar-refractivity contribution is 0.601. The van der Waals surface area contributed by atoms with Crippen molar-refractivity contribution >= 4 is 44.1 Å². The van der Waals surface area contributed by atoms with Crippen molar-refractivity contribution in [1.29, 1.82) is 0 Å². The minimum atomic E-state index is -0.947. The zero-order chi connectivity index (χ0) is 16.4. The highest BCUT2D eigenvalue weighted by atomic mass is 79.9.